The zero-order valence-corrected chi connectivity index (χ0v) is 13.5. The highest BCUT2D eigenvalue weighted by atomic mass is 32.2. The Labute approximate surface area is 122 Å². The van der Waals surface area contributed by atoms with E-state index in [2.05, 4.69) is 31.0 Å². The zero-order chi connectivity index (χ0) is 13.7. The van der Waals surface area contributed by atoms with E-state index in [1.54, 1.807) is 0 Å². The molecule has 0 bridgehead atoms. The number of piperidine rings is 1. The summed E-state index contributed by atoms with van der Waals surface area (Å²) in [4.78, 5) is 7.40. The Morgan fingerprint density at radius 2 is 2.00 bits per heavy atom. The lowest BCUT2D eigenvalue weighted by molar-refractivity contribution is 0.215. The predicted molar refractivity (Wildman–Crippen MR) is 86.0 cm³/mol. The maximum Gasteiger partial charge on any atom is 0.157 e. The molecule has 0 aromatic heterocycles. The van der Waals surface area contributed by atoms with Gasteiger partial charge >= 0.3 is 0 Å². The van der Waals surface area contributed by atoms with Crippen LogP contribution >= 0.6 is 11.8 Å². The standard InChI is InChI=1S/C15H29N3S/c1-12(2)9-14-11-19-15(17-14)16-13(3)10-18-7-5-4-6-8-18/h12-14H,4-11H2,1-3H3,(H,16,17). The fraction of sp³-hybridized carbons (Fsp3) is 0.933. The molecule has 2 atom stereocenters. The van der Waals surface area contributed by atoms with Gasteiger partial charge in [0, 0.05) is 18.3 Å². The van der Waals surface area contributed by atoms with Crippen LogP contribution in [0.25, 0.3) is 0 Å². The average molecular weight is 283 g/mol. The van der Waals surface area contributed by atoms with Crippen LogP contribution in [0.5, 0.6) is 0 Å². The second-order valence-electron chi connectivity index (χ2n) is 6.44. The molecule has 19 heavy (non-hydrogen) atoms. The van der Waals surface area contributed by atoms with Gasteiger partial charge in [-0.05, 0) is 45.2 Å². The van der Waals surface area contributed by atoms with Gasteiger partial charge in [0.15, 0.2) is 5.17 Å². The molecule has 0 aromatic rings. The number of aliphatic imine (C=N–C) groups is 1. The fourth-order valence-electron chi connectivity index (χ4n) is 2.95. The Morgan fingerprint density at radius 1 is 1.26 bits per heavy atom. The number of hydrogen-bond acceptors (Lipinski definition) is 4. The van der Waals surface area contributed by atoms with E-state index in [-0.39, 0.29) is 0 Å². The molecule has 0 radical (unpaired) electrons. The molecule has 0 amide bonds. The van der Waals surface area contributed by atoms with Gasteiger partial charge in [0.1, 0.15) is 0 Å². The normalized spacial score (nSPS) is 26.5. The van der Waals surface area contributed by atoms with E-state index in [1.165, 1.54) is 43.9 Å². The second-order valence-corrected chi connectivity index (χ2v) is 7.44. The van der Waals surface area contributed by atoms with E-state index in [0.717, 1.165) is 18.2 Å². The first-order chi connectivity index (χ1) is 9.13. The summed E-state index contributed by atoms with van der Waals surface area (Å²) in [5.74, 6) is 1.91. The summed E-state index contributed by atoms with van der Waals surface area (Å²) in [6.45, 7) is 10.6. The van der Waals surface area contributed by atoms with Crippen molar-refractivity contribution in [2.45, 2.75) is 58.5 Å². The van der Waals surface area contributed by atoms with E-state index in [1.807, 2.05) is 11.8 Å². The van der Waals surface area contributed by atoms with Gasteiger partial charge in [-0.2, -0.15) is 0 Å². The van der Waals surface area contributed by atoms with Crippen molar-refractivity contribution in [3.05, 3.63) is 0 Å². The number of amidine groups is 1. The van der Waals surface area contributed by atoms with Crippen LogP contribution in [0.15, 0.2) is 4.99 Å². The predicted octanol–water partition coefficient (Wildman–Crippen LogP) is 2.97. The minimum absolute atomic E-state index is 0.516. The molecule has 1 saturated heterocycles. The number of likely N-dealkylation sites (tertiary alicyclic amines) is 1. The summed E-state index contributed by atoms with van der Waals surface area (Å²) < 4.78 is 0. The van der Waals surface area contributed by atoms with E-state index in [4.69, 9.17) is 4.99 Å². The van der Waals surface area contributed by atoms with E-state index >= 15 is 0 Å². The largest absolute Gasteiger partial charge is 0.361 e. The highest BCUT2D eigenvalue weighted by molar-refractivity contribution is 8.14. The highest BCUT2D eigenvalue weighted by Gasteiger charge is 2.21. The molecule has 0 saturated carbocycles. The average Bonchev–Trinajstić information content (AvgIpc) is 2.76. The van der Waals surface area contributed by atoms with Crippen molar-refractivity contribution >= 4 is 16.9 Å². The Morgan fingerprint density at radius 3 is 2.68 bits per heavy atom. The van der Waals surface area contributed by atoms with Crippen molar-refractivity contribution in [3.63, 3.8) is 0 Å². The smallest absolute Gasteiger partial charge is 0.157 e. The second kappa shape index (κ2) is 7.53. The molecule has 1 N–H and O–H groups in total. The third-order valence-corrected chi connectivity index (χ3v) is 4.85. The Balaban J connectivity index is 1.71. The third kappa shape index (κ3) is 5.35. The molecule has 4 heteroatoms. The van der Waals surface area contributed by atoms with Crippen LogP contribution in [0.2, 0.25) is 0 Å². The van der Waals surface area contributed by atoms with Crippen molar-refractivity contribution in [3.8, 4) is 0 Å². The molecule has 0 aromatic carbocycles. The molecule has 2 unspecified atom stereocenters. The summed E-state index contributed by atoms with van der Waals surface area (Å²) in [5, 5.41) is 4.78. The molecular weight excluding hydrogens is 254 g/mol. The molecule has 110 valence electrons. The third-order valence-electron chi connectivity index (χ3n) is 3.81. The van der Waals surface area contributed by atoms with Crippen molar-refractivity contribution in [2.24, 2.45) is 10.9 Å². The summed E-state index contributed by atoms with van der Waals surface area (Å²) in [5.41, 5.74) is 0. The van der Waals surface area contributed by atoms with Crippen molar-refractivity contribution in [2.75, 3.05) is 25.4 Å². The molecular formula is C15H29N3S. The van der Waals surface area contributed by atoms with Crippen LogP contribution in [0, 0.1) is 5.92 Å². The molecule has 2 aliphatic heterocycles. The SMILES string of the molecule is CC(C)CC1CSC(NC(C)CN2CCCCC2)=N1. The van der Waals surface area contributed by atoms with Crippen LogP contribution in [-0.2, 0) is 0 Å². The van der Waals surface area contributed by atoms with Gasteiger partial charge in [-0.15, -0.1) is 0 Å². The quantitative estimate of drug-likeness (QED) is 0.840. The molecule has 2 aliphatic rings. The summed E-state index contributed by atoms with van der Waals surface area (Å²) in [7, 11) is 0. The monoisotopic (exact) mass is 283 g/mol. The lowest BCUT2D eigenvalue weighted by atomic mass is 10.1. The van der Waals surface area contributed by atoms with Crippen molar-refractivity contribution < 1.29 is 0 Å². The molecule has 3 nitrogen and oxygen atoms in total. The van der Waals surface area contributed by atoms with E-state index < -0.39 is 0 Å². The molecule has 2 heterocycles. The first-order valence-corrected chi connectivity index (χ1v) is 8.81. The Hall–Kier alpha value is -0.220. The van der Waals surface area contributed by atoms with E-state index in [9.17, 15) is 0 Å². The van der Waals surface area contributed by atoms with Gasteiger partial charge in [0.05, 0.1) is 6.04 Å². The van der Waals surface area contributed by atoms with Crippen LogP contribution < -0.4 is 5.32 Å². The van der Waals surface area contributed by atoms with Gasteiger partial charge in [0.25, 0.3) is 0 Å². The zero-order valence-electron chi connectivity index (χ0n) is 12.7. The van der Waals surface area contributed by atoms with Crippen LogP contribution in [0.4, 0.5) is 0 Å². The van der Waals surface area contributed by atoms with Gasteiger partial charge in [0.2, 0.25) is 0 Å². The minimum atomic E-state index is 0.516. The summed E-state index contributed by atoms with van der Waals surface area (Å²) in [6, 6.07) is 1.05. The maximum absolute atomic E-state index is 4.81. The summed E-state index contributed by atoms with van der Waals surface area (Å²) in [6.07, 6.45) is 5.38. The summed E-state index contributed by atoms with van der Waals surface area (Å²) >= 11 is 1.90. The van der Waals surface area contributed by atoms with E-state index in [0.29, 0.717) is 12.1 Å². The van der Waals surface area contributed by atoms with Crippen molar-refractivity contribution in [1.29, 1.82) is 0 Å². The lowest BCUT2D eigenvalue weighted by Gasteiger charge is -2.29. The topological polar surface area (TPSA) is 27.6 Å². The van der Waals surface area contributed by atoms with Crippen LogP contribution in [-0.4, -0.2) is 47.5 Å². The van der Waals surface area contributed by atoms with Crippen molar-refractivity contribution in [1.82, 2.24) is 10.2 Å². The molecule has 0 spiro atoms. The Bertz CT molecular complexity index is 298. The fourth-order valence-corrected chi connectivity index (χ4v) is 4.01. The number of nitrogens with one attached hydrogen (secondary N) is 1. The van der Waals surface area contributed by atoms with Gasteiger partial charge in [-0.1, -0.05) is 32.0 Å². The first kappa shape index (κ1) is 15.2. The number of hydrogen-bond donors (Lipinski definition) is 1. The van der Waals surface area contributed by atoms with Gasteiger partial charge in [-0.3, -0.25) is 4.99 Å². The van der Waals surface area contributed by atoms with Gasteiger partial charge < -0.3 is 10.2 Å². The highest BCUT2D eigenvalue weighted by Crippen LogP contribution is 2.22. The molecule has 0 aliphatic carbocycles. The number of thioether (sulfide) groups is 1. The number of rotatable bonds is 5. The lowest BCUT2D eigenvalue weighted by Crippen LogP contribution is -2.42. The Kier molecular flexibility index (Phi) is 6.02. The van der Waals surface area contributed by atoms with Crippen LogP contribution in [0.3, 0.4) is 0 Å². The first-order valence-electron chi connectivity index (χ1n) is 7.83. The molecule has 1 fully saturated rings. The molecule has 2 rings (SSSR count). The van der Waals surface area contributed by atoms with Crippen LogP contribution in [0.1, 0.15) is 46.5 Å². The number of nitrogens with zero attached hydrogens (tertiary/aromatic N) is 2. The minimum Gasteiger partial charge on any atom is -0.361 e. The maximum atomic E-state index is 4.81. The van der Waals surface area contributed by atoms with Gasteiger partial charge in [-0.25, -0.2) is 0 Å².